The Labute approximate surface area is 150 Å². The highest BCUT2D eigenvalue weighted by Crippen LogP contribution is 2.19. The van der Waals surface area contributed by atoms with Crippen molar-refractivity contribution >= 4 is 0 Å². The van der Waals surface area contributed by atoms with Crippen LogP contribution in [-0.4, -0.2) is 57.0 Å². The van der Waals surface area contributed by atoms with Crippen molar-refractivity contribution in [3.05, 3.63) is 52.8 Å². The molecule has 1 fully saturated rings. The number of aliphatic hydroxyl groups excluding tert-OH is 1. The maximum absolute atomic E-state index is 9.50. The second kappa shape index (κ2) is 8.13. The van der Waals surface area contributed by atoms with Gasteiger partial charge in [0.25, 0.3) is 0 Å². The van der Waals surface area contributed by atoms with Crippen molar-refractivity contribution in [3.8, 4) is 0 Å². The molecule has 136 valence electrons. The van der Waals surface area contributed by atoms with Gasteiger partial charge in [0.2, 0.25) is 0 Å². The second-order valence-electron chi connectivity index (χ2n) is 7.27. The largest absolute Gasteiger partial charge is 0.396 e. The van der Waals surface area contributed by atoms with Crippen LogP contribution in [0.15, 0.2) is 30.5 Å². The van der Waals surface area contributed by atoms with Crippen molar-refractivity contribution < 1.29 is 5.11 Å². The van der Waals surface area contributed by atoms with Crippen molar-refractivity contribution in [1.29, 1.82) is 0 Å². The molecule has 5 nitrogen and oxygen atoms in total. The molecule has 5 heteroatoms. The topological polar surface area (TPSA) is 44.5 Å². The van der Waals surface area contributed by atoms with E-state index in [1.807, 2.05) is 11.7 Å². The number of aliphatic hydroxyl groups is 1. The van der Waals surface area contributed by atoms with Crippen LogP contribution in [0.25, 0.3) is 0 Å². The molecule has 1 aliphatic rings. The number of rotatable bonds is 6. The maximum Gasteiger partial charge on any atom is 0.0638 e. The van der Waals surface area contributed by atoms with E-state index >= 15 is 0 Å². The zero-order valence-electron chi connectivity index (χ0n) is 15.6. The van der Waals surface area contributed by atoms with Gasteiger partial charge in [-0.15, -0.1) is 0 Å². The predicted molar refractivity (Wildman–Crippen MR) is 100 cm³/mol. The normalized spacial score (nSPS) is 19.4. The summed E-state index contributed by atoms with van der Waals surface area (Å²) in [6.07, 6.45) is 2.95. The highest BCUT2D eigenvalue weighted by Gasteiger charge is 2.27. The quantitative estimate of drug-likeness (QED) is 0.873. The summed E-state index contributed by atoms with van der Waals surface area (Å²) in [5.74, 6) is 0. The third-order valence-electron chi connectivity index (χ3n) is 5.17. The van der Waals surface area contributed by atoms with Crippen LogP contribution in [0.2, 0.25) is 0 Å². The lowest BCUT2D eigenvalue weighted by molar-refractivity contribution is 0.0499. The number of benzene rings is 1. The molecule has 1 aromatic carbocycles. The molecule has 2 aromatic rings. The van der Waals surface area contributed by atoms with Crippen molar-refractivity contribution in [1.82, 2.24) is 19.6 Å². The molecule has 25 heavy (non-hydrogen) atoms. The van der Waals surface area contributed by atoms with Crippen LogP contribution >= 0.6 is 0 Å². The zero-order chi connectivity index (χ0) is 17.8. The van der Waals surface area contributed by atoms with E-state index < -0.39 is 0 Å². The van der Waals surface area contributed by atoms with E-state index in [2.05, 4.69) is 59.2 Å². The van der Waals surface area contributed by atoms with E-state index in [1.165, 1.54) is 16.7 Å². The number of piperazine rings is 1. The van der Waals surface area contributed by atoms with Crippen LogP contribution in [0.1, 0.15) is 28.8 Å². The summed E-state index contributed by atoms with van der Waals surface area (Å²) < 4.78 is 1.89. The van der Waals surface area contributed by atoms with Gasteiger partial charge in [0.15, 0.2) is 0 Å². The summed E-state index contributed by atoms with van der Waals surface area (Å²) in [6, 6.07) is 9.19. The van der Waals surface area contributed by atoms with Gasteiger partial charge in [0.1, 0.15) is 0 Å². The molecule has 1 aliphatic heterocycles. The number of hydrogen-bond acceptors (Lipinski definition) is 4. The molecule has 1 aromatic heterocycles. The van der Waals surface area contributed by atoms with Gasteiger partial charge in [-0.2, -0.15) is 5.10 Å². The number of aryl methyl sites for hydroxylation is 3. The number of hydrogen-bond donors (Lipinski definition) is 1. The predicted octanol–water partition coefficient (Wildman–Crippen LogP) is 2.11. The second-order valence-corrected chi connectivity index (χ2v) is 7.27. The summed E-state index contributed by atoms with van der Waals surface area (Å²) in [6.45, 7) is 9.45. The van der Waals surface area contributed by atoms with E-state index in [0.717, 1.165) is 44.8 Å². The molecule has 0 amide bonds. The first kappa shape index (κ1) is 18.1. The van der Waals surface area contributed by atoms with Gasteiger partial charge in [-0.25, -0.2) is 0 Å². The minimum Gasteiger partial charge on any atom is -0.396 e. The van der Waals surface area contributed by atoms with Gasteiger partial charge < -0.3 is 5.11 Å². The average molecular weight is 342 g/mol. The summed E-state index contributed by atoms with van der Waals surface area (Å²) in [5, 5.41) is 14.0. The summed E-state index contributed by atoms with van der Waals surface area (Å²) in [5.41, 5.74) is 5.07. The Morgan fingerprint density at radius 1 is 1.12 bits per heavy atom. The highest BCUT2D eigenvalue weighted by molar-refractivity contribution is 5.21. The maximum atomic E-state index is 9.50. The van der Waals surface area contributed by atoms with E-state index in [0.29, 0.717) is 6.04 Å². The van der Waals surface area contributed by atoms with Crippen molar-refractivity contribution in [2.75, 3.05) is 26.2 Å². The first-order chi connectivity index (χ1) is 12.0. The first-order valence-corrected chi connectivity index (χ1v) is 9.17. The van der Waals surface area contributed by atoms with Crippen LogP contribution in [-0.2, 0) is 20.1 Å². The standard InChI is InChI=1S/C20H30N4O/c1-16-4-6-18(7-5-16)12-24-10-9-23(15-20(24)8-11-25)14-19-13-22(3)21-17(19)2/h4-7,13,20,25H,8-12,14-15H2,1-3H3/t20-/m0/s1. The van der Waals surface area contributed by atoms with Gasteiger partial charge in [-0.1, -0.05) is 29.8 Å². The fourth-order valence-corrected chi connectivity index (χ4v) is 3.70. The van der Waals surface area contributed by atoms with E-state index in [1.54, 1.807) is 0 Å². The van der Waals surface area contributed by atoms with Crippen LogP contribution in [0, 0.1) is 13.8 Å². The van der Waals surface area contributed by atoms with Crippen molar-refractivity contribution in [2.24, 2.45) is 7.05 Å². The molecule has 0 radical (unpaired) electrons. The Bertz CT molecular complexity index is 680. The minimum atomic E-state index is 0.245. The molecule has 0 unspecified atom stereocenters. The molecule has 0 bridgehead atoms. The van der Waals surface area contributed by atoms with Gasteiger partial charge in [-0.3, -0.25) is 14.5 Å². The van der Waals surface area contributed by atoms with Crippen LogP contribution < -0.4 is 0 Å². The van der Waals surface area contributed by atoms with E-state index in [4.69, 9.17) is 0 Å². The third-order valence-corrected chi connectivity index (χ3v) is 5.17. The smallest absolute Gasteiger partial charge is 0.0638 e. The van der Waals surface area contributed by atoms with Crippen molar-refractivity contribution in [2.45, 2.75) is 39.4 Å². The summed E-state index contributed by atoms with van der Waals surface area (Å²) in [7, 11) is 1.98. The number of aromatic nitrogens is 2. The highest BCUT2D eigenvalue weighted by atomic mass is 16.3. The van der Waals surface area contributed by atoms with Gasteiger partial charge >= 0.3 is 0 Å². The van der Waals surface area contributed by atoms with Crippen molar-refractivity contribution in [3.63, 3.8) is 0 Å². The molecule has 0 aliphatic carbocycles. The fourth-order valence-electron chi connectivity index (χ4n) is 3.70. The van der Waals surface area contributed by atoms with Gasteiger partial charge in [0.05, 0.1) is 5.69 Å². The third kappa shape index (κ3) is 4.69. The van der Waals surface area contributed by atoms with Crippen LogP contribution in [0.5, 0.6) is 0 Å². The lowest BCUT2D eigenvalue weighted by Gasteiger charge is -2.41. The van der Waals surface area contributed by atoms with Crippen LogP contribution in [0.4, 0.5) is 0 Å². The Morgan fingerprint density at radius 2 is 1.88 bits per heavy atom. The summed E-state index contributed by atoms with van der Waals surface area (Å²) in [4.78, 5) is 5.02. The molecular weight excluding hydrogens is 312 g/mol. The molecule has 1 N–H and O–H groups in total. The first-order valence-electron chi connectivity index (χ1n) is 9.17. The molecule has 2 heterocycles. The van der Waals surface area contributed by atoms with E-state index in [-0.39, 0.29) is 6.61 Å². The molecule has 0 saturated carbocycles. The zero-order valence-corrected chi connectivity index (χ0v) is 15.6. The summed E-state index contributed by atoms with van der Waals surface area (Å²) >= 11 is 0. The van der Waals surface area contributed by atoms with Gasteiger partial charge in [0, 0.05) is 64.2 Å². The Hall–Kier alpha value is -1.69. The molecule has 3 rings (SSSR count). The fraction of sp³-hybridized carbons (Fsp3) is 0.550. The monoisotopic (exact) mass is 342 g/mol. The molecule has 0 spiro atoms. The minimum absolute atomic E-state index is 0.245. The average Bonchev–Trinajstić information content (AvgIpc) is 2.89. The molecule has 1 saturated heterocycles. The number of nitrogens with zero attached hydrogens (tertiary/aromatic N) is 4. The SMILES string of the molecule is Cc1ccc(CN2CCN(Cc3cn(C)nc3C)C[C@@H]2CCO)cc1. The Morgan fingerprint density at radius 3 is 2.52 bits per heavy atom. The van der Waals surface area contributed by atoms with Crippen LogP contribution in [0.3, 0.4) is 0 Å². The lowest BCUT2D eigenvalue weighted by Crippen LogP contribution is -2.52. The molecule has 1 atom stereocenters. The Balaban J connectivity index is 1.63. The van der Waals surface area contributed by atoms with Gasteiger partial charge in [-0.05, 0) is 25.8 Å². The Kier molecular flexibility index (Phi) is 5.89. The van der Waals surface area contributed by atoms with E-state index in [9.17, 15) is 5.11 Å². The lowest BCUT2D eigenvalue weighted by atomic mass is 10.1. The molecular formula is C20H30N4O.